The Hall–Kier alpha value is -3.14. The maximum absolute atomic E-state index is 13.8. The summed E-state index contributed by atoms with van der Waals surface area (Å²) in [6, 6.07) is 6.64. The standard InChI is InChI=1S/C16H13F2N5O2S/c17-10-3-4-12(18)13(8-10)22-16-14(23(24)25)15(20-9-21-16)19-6-5-11-2-1-7-26-11/h1-4,7-9H,5-6H2,(H2,19,20,21,22). The molecule has 2 aromatic heterocycles. The van der Waals surface area contributed by atoms with Gasteiger partial charge in [-0.25, -0.2) is 18.7 Å². The van der Waals surface area contributed by atoms with Crippen LogP contribution in [0.2, 0.25) is 0 Å². The zero-order valence-corrected chi connectivity index (χ0v) is 14.1. The van der Waals surface area contributed by atoms with Gasteiger partial charge in [-0.2, -0.15) is 0 Å². The van der Waals surface area contributed by atoms with Crippen LogP contribution >= 0.6 is 11.3 Å². The largest absolute Gasteiger partial charge is 0.364 e. The number of nitrogens with one attached hydrogen (secondary N) is 2. The molecule has 0 radical (unpaired) electrons. The molecule has 2 heterocycles. The third-order valence-electron chi connectivity index (χ3n) is 3.43. The maximum Gasteiger partial charge on any atom is 0.353 e. The summed E-state index contributed by atoms with van der Waals surface area (Å²) in [5, 5.41) is 18.8. The molecule has 26 heavy (non-hydrogen) atoms. The molecule has 0 saturated heterocycles. The van der Waals surface area contributed by atoms with E-state index in [-0.39, 0.29) is 17.3 Å². The average molecular weight is 377 g/mol. The van der Waals surface area contributed by atoms with Gasteiger partial charge in [0.2, 0.25) is 11.6 Å². The second-order valence-electron chi connectivity index (χ2n) is 5.18. The Kier molecular flexibility index (Phi) is 5.32. The van der Waals surface area contributed by atoms with E-state index in [9.17, 15) is 18.9 Å². The van der Waals surface area contributed by atoms with Gasteiger partial charge < -0.3 is 10.6 Å². The maximum atomic E-state index is 13.8. The number of nitro groups is 1. The van der Waals surface area contributed by atoms with E-state index in [1.807, 2.05) is 17.5 Å². The highest BCUT2D eigenvalue weighted by atomic mass is 32.1. The first kappa shape index (κ1) is 17.7. The fraction of sp³-hybridized carbons (Fsp3) is 0.125. The number of nitrogens with zero attached hydrogens (tertiary/aromatic N) is 3. The van der Waals surface area contributed by atoms with E-state index < -0.39 is 22.2 Å². The highest BCUT2D eigenvalue weighted by molar-refractivity contribution is 7.09. The molecule has 2 N–H and O–H groups in total. The average Bonchev–Trinajstić information content (AvgIpc) is 3.11. The Morgan fingerprint density at radius 1 is 1.19 bits per heavy atom. The van der Waals surface area contributed by atoms with Crippen molar-refractivity contribution >= 4 is 34.3 Å². The molecule has 0 aliphatic carbocycles. The Morgan fingerprint density at radius 2 is 2.00 bits per heavy atom. The highest BCUT2D eigenvalue weighted by Crippen LogP contribution is 2.32. The van der Waals surface area contributed by atoms with Crippen LogP contribution in [0.4, 0.5) is 31.8 Å². The summed E-state index contributed by atoms with van der Waals surface area (Å²) in [5.41, 5.74) is -0.696. The molecule has 10 heteroatoms. The van der Waals surface area contributed by atoms with E-state index in [1.165, 1.54) is 0 Å². The molecule has 1 aromatic carbocycles. The minimum atomic E-state index is -0.758. The molecule has 0 bridgehead atoms. The topological polar surface area (TPSA) is 93.0 Å². The number of halogens is 2. The first-order valence-electron chi connectivity index (χ1n) is 7.52. The predicted octanol–water partition coefficient (Wildman–Crippen LogP) is 4.12. The Balaban J connectivity index is 1.83. The normalized spacial score (nSPS) is 10.5. The number of rotatable bonds is 7. The van der Waals surface area contributed by atoms with Crippen LogP contribution in [0.15, 0.2) is 42.0 Å². The summed E-state index contributed by atoms with van der Waals surface area (Å²) >= 11 is 1.58. The number of thiophene rings is 1. The van der Waals surface area contributed by atoms with Crippen molar-refractivity contribution in [1.82, 2.24) is 9.97 Å². The Bertz CT molecular complexity index is 921. The van der Waals surface area contributed by atoms with Crippen LogP contribution in [0.1, 0.15) is 4.88 Å². The van der Waals surface area contributed by atoms with Crippen molar-refractivity contribution in [2.24, 2.45) is 0 Å². The number of hydrogen-bond acceptors (Lipinski definition) is 7. The molecule has 7 nitrogen and oxygen atoms in total. The minimum absolute atomic E-state index is 0.000803. The molecule has 0 amide bonds. The summed E-state index contributed by atoms with van der Waals surface area (Å²) < 4.78 is 27.1. The monoisotopic (exact) mass is 377 g/mol. The van der Waals surface area contributed by atoms with Gasteiger partial charge in [0, 0.05) is 17.5 Å². The van der Waals surface area contributed by atoms with Crippen molar-refractivity contribution in [2.75, 3.05) is 17.2 Å². The molecule has 0 fully saturated rings. The van der Waals surface area contributed by atoms with Crippen LogP contribution in [0.3, 0.4) is 0 Å². The SMILES string of the molecule is O=[N+]([O-])c1c(NCCc2cccs2)ncnc1Nc1cc(F)ccc1F. The number of hydrogen-bond donors (Lipinski definition) is 2. The van der Waals surface area contributed by atoms with Gasteiger partial charge in [-0.1, -0.05) is 6.07 Å². The number of aromatic nitrogens is 2. The molecule has 0 aliphatic rings. The van der Waals surface area contributed by atoms with Crippen LogP contribution in [0.5, 0.6) is 0 Å². The molecular formula is C16H13F2N5O2S. The van der Waals surface area contributed by atoms with E-state index in [0.717, 1.165) is 29.4 Å². The highest BCUT2D eigenvalue weighted by Gasteiger charge is 2.23. The summed E-state index contributed by atoms with van der Waals surface area (Å²) in [4.78, 5) is 19.6. The lowest BCUT2D eigenvalue weighted by Gasteiger charge is -2.10. The van der Waals surface area contributed by atoms with E-state index in [0.29, 0.717) is 13.0 Å². The van der Waals surface area contributed by atoms with E-state index >= 15 is 0 Å². The second kappa shape index (κ2) is 7.83. The lowest BCUT2D eigenvalue weighted by atomic mass is 10.3. The van der Waals surface area contributed by atoms with Crippen molar-refractivity contribution in [3.8, 4) is 0 Å². The zero-order chi connectivity index (χ0) is 18.5. The van der Waals surface area contributed by atoms with Gasteiger partial charge in [0.05, 0.1) is 10.6 Å². The fourth-order valence-corrected chi connectivity index (χ4v) is 2.96. The summed E-state index contributed by atoms with van der Waals surface area (Å²) in [6.07, 6.45) is 1.78. The van der Waals surface area contributed by atoms with Crippen LogP contribution in [0.25, 0.3) is 0 Å². The lowest BCUT2D eigenvalue weighted by molar-refractivity contribution is -0.383. The number of benzene rings is 1. The third-order valence-corrected chi connectivity index (χ3v) is 4.37. The first-order valence-corrected chi connectivity index (χ1v) is 8.40. The summed E-state index contributed by atoms with van der Waals surface area (Å²) in [6.45, 7) is 0.423. The van der Waals surface area contributed by atoms with Gasteiger partial charge in [0.25, 0.3) is 0 Å². The lowest BCUT2D eigenvalue weighted by Crippen LogP contribution is -2.10. The van der Waals surface area contributed by atoms with E-state index in [1.54, 1.807) is 11.3 Å². The van der Waals surface area contributed by atoms with Crippen molar-refractivity contribution in [3.05, 3.63) is 68.7 Å². The van der Waals surface area contributed by atoms with Crippen molar-refractivity contribution < 1.29 is 13.7 Å². The minimum Gasteiger partial charge on any atom is -0.364 e. The number of anilines is 3. The second-order valence-corrected chi connectivity index (χ2v) is 6.21. The molecule has 0 aliphatic heterocycles. The van der Waals surface area contributed by atoms with Gasteiger partial charge in [-0.15, -0.1) is 11.3 Å². The van der Waals surface area contributed by atoms with Gasteiger partial charge >= 0.3 is 5.69 Å². The quantitative estimate of drug-likeness (QED) is 0.475. The predicted molar refractivity (Wildman–Crippen MR) is 94.8 cm³/mol. The molecule has 134 valence electrons. The van der Waals surface area contributed by atoms with Crippen LogP contribution in [-0.4, -0.2) is 21.4 Å². The molecule has 0 unspecified atom stereocenters. The van der Waals surface area contributed by atoms with Crippen LogP contribution < -0.4 is 10.6 Å². The Labute approximate surface area is 150 Å². The third kappa shape index (κ3) is 4.09. The molecule has 3 aromatic rings. The first-order chi connectivity index (χ1) is 12.5. The zero-order valence-electron chi connectivity index (χ0n) is 13.3. The molecule has 3 rings (SSSR count). The van der Waals surface area contributed by atoms with Crippen molar-refractivity contribution in [2.45, 2.75) is 6.42 Å². The van der Waals surface area contributed by atoms with Crippen LogP contribution in [0, 0.1) is 21.7 Å². The molecule has 0 spiro atoms. The summed E-state index contributed by atoms with van der Waals surface area (Å²) in [7, 11) is 0. The smallest absolute Gasteiger partial charge is 0.353 e. The van der Waals surface area contributed by atoms with E-state index in [2.05, 4.69) is 20.6 Å². The molecule has 0 atom stereocenters. The van der Waals surface area contributed by atoms with Crippen molar-refractivity contribution in [1.29, 1.82) is 0 Å². The summed E-state index contributed by atoms with van der Waals surface area (Å²) in [5.74, 6) is -1.67. The van der Waals surface area contributed by atoms with Crippen molar-refractivity contribution in [3.63, 3.8) is 0 Å². The molecular weight excluding hydrogens is 364 g/mol. The van der Waals surface area contributed by atoms with Gasteiger partial charge in [0.15, 0.2) is 0 Å². The fourth-order valence-electron chi connectivity index (χ4n) is 2.25. The Morgan fingerprint density at radius 3 is 2.73 bits per heavy atom. The van der Waals surface area contributed by atoms with E-state index in [4.69, 9.17) is 0 Å². The van der Waals surface area contributed by atoms with Gasteiger partial charge in [-0.05, 0) is 30.0 Å². The molecule has 0 saturated carbocycles. The van der Waals surface area contributed by atoms with Gasteiger partial charge in [0.1, 0.15) is 18.0 Å². The van der Waals surface area contributed by atoms with Gasteiger partial charge in [-0.3, -0.25) is 10.1 Å². The van der Waals surface area contributed by atoms with Crippen LogP contribution in [-0.2, 0) is 6.42 Å².